The first-order valence-corrected chi connectivity index (χ1v) is 9.82. The molecule has 7 heteroatoms. The van der Waals surface area contributed by atoms with Crippen molar-refractivity contribution in [2.24, 2.45) is 5.16 Å². The highest BCUT2D eigenvalue weighted by molar-refractivity contribution is 6.34. The van der Waals surface area contributed by atoms with Gasteiger partial charge in [-0.25, -0.2) is 9.69 Å². The molecule has 0 aliphatic carbocycles. The van der Waals surface area contributed by atoms with Crippen LogP contribution in [0.15, 0.2) is 59.8 Å². The molecule has 150 valence electrons. The van der Waals surface area contributed by atoms with Crippen molar-refractivity contribution in [1.82, 2.24) is 4.90 Å². The Morgan fingerprint density at radius 1 is 1.17 bits per heavy atom. The maximum Gasteiger partial charge on any atom is 0.417 e. The van der Waals surface area contributed by atoms with Crippen molar-refractivity contribution in [2.45, 2.75) is 44.4 Å². The zero-order chi connectivity index (χ0) is 20.6. The summed E-state index contributed by atoms with van der Waals surface area (Å²) in [6, 6.07) is 16.5. The first-order chi connectivity index (χ1) is 13.9. The molecule has 1 saturated heterocycles. The van der Waals surface area contributed by atoms with Gasteiger partial charge in [-0.15, -0.1) is 0 Å². The molecule has 2 aliphatic heterocycles. The molecule has 0 bridgehead atoms. The Labute approximate surface area is 174 Å². The number of ether oxygens (including phenoxy) is 1. The average molecular weight is 413 g/mol. The van der Waals surface area contributed by atoms with Crippen LogP contribution in [0.2, 0.25) is 5.02 Å². The number of oxime groups is 1. The highest BCUT2D eigenvalue weighted by Crippen LogP contribution is 2.34. The maximum atomic E-state index is 13.2. The predicted molar refractivity (Wildman–Crippen MR) is 109 cm³/mol. The summed E-state index contributed by atoms with van der Waals surface area (Å²) in [5, 5.41) is 4.58. The Morgan fingerprint density at radius 2 is 1.86 bits per heavy atom. The fourth-order valence-corrected chi connectivity index (χ4v) is 3.96. The SMILES string of the molecule is CC1(C)OC(=O)N(C(=O)[C@@H]2CC(c3ccccc3Cl)=NO2)[C@H]1Cc1ccccc1. The van der Waals surface area contributed by atoms with Crippen molar-refractivity contribution in [3.05, 3.63) is 70.7 Å². The lowest BCUT2D eigenvalue weighted by Crippen LogP contribution is -2.49. The van der Waals surface area contributed by atoms with Crippen LogP contribution in [0.1, 0.15) is 31.4 Å². The van der Waals surface area contributed by atoms with Gasteiger partial charge in [-0.3, -0.25) is 4.79 Å². The van der Waals surface area contributed by atoms with Crippen LogP contribution in [-0.4, -0.2) is 40.4 Å². The van der Waals surface area contributed by atoms with Gasteiger partial charge in [0.1, 0.15) is 5.60 Å². The molecule has 0 unspecified atom stereocenters. The van der Waals surface area contributed by atoms with Crippen LogP contribution in [0, 0.1) is 0 Å². The highest BCUT2D eigenvalue weighted by Gasteiger charge is 2.52. The fourth-order valence-electron chi connectivity index (χ4n) is 3.72. The molecule has 2 heterocycles. The predicted octanol–water partition coefficient (Wildman–Crippen LogP) is 4.20. The lowest BCUT2D eigenvalue weighted by Gasteiger charge is -2.28. The molecule has 29 heavy (non-hydrogen) atoms. The van der Waals surface area contributed by atoms with E-state index in [2.05, 4.69) is 5.16 Å². The molecule has 2 amide bonds. The Bertz CT molecular complexity index is 974. The van der Waals surface area contributed by atoms with Crippen LogP contribution in [0.4, 0.5) is 4.79 Å². The molecule has 0 N–H and O–H groups in total. The summed E-state index contributed by atoms with van der Waals surface area (Å²) in [6.45, 7) is 3.62. The summed E-state index contributed by atoms with van der Waals surface area (Å²) in [7, 11) is 0. The number of hydrogen-bond donors (Lipinski definition) is 0. The first kappa shape index (κ1) is 19.5. The summed E-state index contributed by atoms with van der Waals surface area (Å²) in [5.41, 5.74) is 1.50. The Morgan fingerprint density at radius 3 is 2.59 bits per heavy atom. The minimum Gasteiger partial charge on any atom is -0.441 e. The molecule has 0 spiro atoms. The van der Waals surface area contributed by atoms with Crippen LogP contribution in [0.25, 0.3) is 0 Å². The first-order valence-electron chi connectivity index (χ1n) is 9.44. The standard InChI is InChI=1S/C22H21ClN2O4/c1-22(2)19(12-14-8-4-3-5-9-14)25(21(27)28-22)20(26)18-13-17(24-29-18)15-10-6-7-11-16(15)23/h3-11,18-19H,12-13H2,1-2H3/t18-,19-/m0/s1. The van der Waals surface area contributed by atoms with E-state index in [1.54, 1.807) is 6.07 Å². The van der Waals surface area contributed by atoms with Crippen molar-refractivity contribution < 1.29 is 19.2 Å². The average Bonchev–Trinajstić information content (AvgIpc) is 3.25. The van der Waals surface area contributed by atoms with E-state index in [9.17, 15) is 9.59 Å². The van der Waals surface area contributed by atoms with Crippen LogP contribution in [0.5, 0.6) is 0 Å². The lowest BCUT2D eigenvalue weighted by atomic mass is 9.91. The molecule has 0 radical (unpaired) electrons. The number of halogens is 1. The third-order valence-electron chi connectivity index (χ3n) is 5.30. The number of cyclic esters (lactones) is 1. The second kappa shape index (κ2) is 7.52. The number of carbonyl (C=O) groups excluding carboxylic acids is 2. The van der Waals surface area contributed by atoms with Crippen molar-refractivity contribution >= 4 is 29.3 Å². The van der Waals surface area contributed by atoms with E-state index in [4.69, 9.17) is 21.2 Å². The molecular formula is C22H21ClN2O4. The van der Waals surface area contributed by atoms with Crippen LogP contribution in [0.3, 0.4) is 0 Å². The molecule has 4 rings (SSSR count). The van der Waals surface area contributed by atoms with Gasteiger partial charge in [0, 0.05) is 17.0 Å². The van der Waals surface area contributed by atoms with E-state index in [0.29, 0.717) is 17.2 Å². The topological polar surface area (TPSA) is 68.2 Å². The molecule has 2 aliphatic rings. The van der Waals surface area contributed by atoms with Gasteiger partial charge in [-0.1, -0.05) is 65.3 Å². The third kappa shape index (κ3) is 3.72. The van der Waals surface area contributed by atoms with Crippen molar-refractivity contribution in [3.63, 3.8) is 0 Å². The molecule has 1 fully saturated rings. The van der Waals surface area contributed by atoms with Gasteiger partial charge in [0.05, 0.1) is 11.8 Å². The zero-order valence-corrected chi connectivity index (χ0v) is 16.9. The van der Waals surface area contributed by atoms with Crippen molar-refractivity contribution in [3.8, 4) is 0 Å². The molecule has 2 aromatic carbocycles. The number of nitrogens with zero attached hydrogens (tertiary/aromatic N) is 2. The van der Waals surface area contributed by atoms with Gasteiger partial charge in [-0.05, 0) is 31.9 Å². The van der Waals surface area contributed by atoms with E-state index in [1.807, 2.05) is 62.4 Å². The quantitative estimate of drug-likeness (QED) is 0.754. The van der Waals surface area contributed by atoms with Gasteiger partial charge >= 0.3 is 6.09 Å². The number of rotatable bonds is 4. The number of carbonyl (C=O) groups is 2. The van der Waals surface area contributed by atoms with Crippen molar-refractivity contribution in [1.29, 1.82) is 0 Å². The molecule has 0 aromatic heterocycles. The monoisotopic (exact) mass is 412 g/mol. The maximum absolute atomic E-state index is 13.2. The summed E-state index contributed by atoms with van der Waals surface area (Å²) in [6.07, 6.45) is -0.808. The highest BCUT2D eigenvalue weighted by atomic mass is 35.5. The van der Waals surface area contributed by atoms with Crippen LogP contribution < -0.4 is 0 Å². The molecule has 2 atom stereocenters. The summed E-state index contributed by atoms with van der Waals surface area (Å²) >= 11 is 6.23. The second-order valence-electron chi connectivity index (χ2n) is 7.70. The molecular weight excluding hydrogens is 392 g/mol. The number of amides is 2. The van der Waals surface area contributed by atoms with E-state index in [0.717, 1.165) is 11.1 Å². The largest absolute Gasteiger partial charge is 0.441 e. The van der Waals surface area contributed by atoms with Gasteiger partial charge < -0.3 is 9.57 Å². The Hall–Kier alpha value is -2.86. The lowest BCUT2D eigenvalue weighted by molar-refractivity contribution is -0.140. The fraction of sp³-hybridized carbons (Fsp3) is 0.318. The number of hydrogen-bond acceptors (Lipinski definition) is 5. The van der Waals surface area contributed by atoms with Crippen LogP contribution >= 0.6 is 11.6 Å². The van der Waals surface area contributed by atoms with Gasteiger partial charge in [0.15, 0.2) is 0 Å². The second-order valence-corrected chi connectivity index (χ2v) is 8.11. The minimum atomic E-state index is -0.888. The summed E-state index contributed by atoms with van der Waals surface area (Å²) in [4.78, 5) is 32.3. The van der Waals surface area contributed by atoms with Gasteiger partial charge in [-0.2, -0.15) is 0 Å². The van der Waals surface area contributed by atoms with E-state index in [-0.39, 0.29) is 6.42 Å². The minimum absolute atomic E-state index is 0.241. The Balaban J connectivity index is 1.54. The van der Waals surface area contributed by atoms with E-state index in [1.165, 1.54) is 4.90 Å². The smallest absolute Gasteiger partial charge is 0.417 e. The summed E-state index contributed by atoms with van der Waals surface area (Å²) < 4.78 is 5.51. The van der Waals surface area contributed by atoms with Crippen molar-refractivity contribution in [2.75, 3.05) is 0 Å². The molecule has 0 saturated carbocycles. The Kier molecular flexibility index (Phi) is 5.04. The van der Waals surface area contributed by atoms with Gasteiger partial charge in [0.2, 0.25) is 6.10 Å². The number of imide groups is 1. The zero-order valence-electron chi connectivity index (χ0n) is 16.2. The van der Waals surface area contributed by atoms with E-state index < -0.39 is 29.7 Å². The number of benzene rings is 2. The summed E-state index contributed by atoms with van der Waals surface area (Å²) in [5.74, 6) is -0.452. The van der Waals surface area contributed by atoms with E-state index >= 15 is 0 Å². The molecule has 6 nitrogen and oxygen atoms in total. The molecule has 2 aromatic rings. The van der Waals surface area contributed by atoms with Crippen LogP contribution in [-0.2, 0) is 20.8 Å². The third-order valence-corrected chi connectivity index (χ3v) is 5.63. The van der Waals surface area contributed by atoms with Gasteiger partial charge in [0.25, 0.3) is 5.91 Å². The normalized spacial score (nSPS) is 22.8.